The van der Waals surface area contributed by atoms with E-state index < -0.39 is 42.1 Å². The maximum Gasteiger partial charge on any atom is 0.331 e. The lowest BCUT2D eigenvalue weighted by atomic mass is 10.3. The zero-order valence-corrected chi connectivity index (χ0v) is 20.8. The molecule has 0 aromatic carbocycles. The standard InChI is InChI=1S/C22H37N3O10/c1-5-18(26)32-12-15(34-20(28)7-3)9-23-22(30)25(11-17-14-31-17)24-10-16(35-21(29)8-4)13-33-19(27)6-2/h15-17,24H,5-14H2,1-4H3,(H,23,30). The molecule has 2 amide bonds. The Morgan fingerprint density at radius 2 is 1.26 bits per heavy atom. The molecule has 2 N–H and O–H groups in total. The molecule has 35 heavy (non-hydrogen) atoms. The molecule has 3 unspecified atom stereocenters. The average molecular weight is 504 g/mol. The Balaban J connectivity index is 2.72. The summed E-state index contributed by atoms with van der Waals surface area (Å²) < 4.78 is 25.8. The normalized spacial score (nSPS) is 15.8. The van der Waals surface area contributed by atoms with Crippen LogP contribution in [0.25, 0.3) is 0 Å². The van der Waals surface area contributed by atoms with Crippen LogP contribution < -0.4 is 10.7 Å². The molecule has 0 saturated carbocycles. The van der Waals surface area contributed by atoms with Crippen LogP contribution in [0.2, 0.25) is 0 Å². The molecule has 0 aliphatic carbocycles. The van der Waals surface area contributed by atoms with Gasteiger partial charge in [-0.05, 0) is 0 Å². The summed E-state index contributed by atoms with van der Waals surface area (Å²) in [5, 5.41) is 3.87. The van der Waals surface area contributed by atoms with Gasteiger partial charge in [-0.3, -0.25) is 24.2 Å². The smallest absolute Gasteiger partial charge is 0.331 e. The average Bonchev–Trinajstić information content (AvgIpc) is 3.69. The molecule has 1 fully saturated rings. The van der Waals surface area contributed by atoms with E-state index in [9.17, 15) is 24.0 Å². The number of esters is 4. The number of hydrazine groups is 1. The SMILES string of the molecule is CCC(=O)OCC(CNC(=O)N(CC1CO1)NCC(COC(=O)CC)OC(=O)CC)OC(=O)CC. The summed E-state index contributed by atoms with van der Waals surface area (Å²) in [6.07, 6.45) is -1.25. The number of carbonyl (C=O) groups is 5. The van der Waals surface area contributed by atoms with Crippen molar-refractivity contribution in [3.63, 3.8) is 0 Å². The lowest BCUT2D eigenvalue weighted by molar-refractivity contribution is -0.158. The van der Waals surface area contributed by atoms with E-state index in [1.165, 1.54) is 5.01 Å². The Morgan fingerprint density at radius 3 is 1.69 bits per heavy atom. The van der Waals surface area contributed by atoms with Gasteiger partial charge in [-0.2, -0.15) is 0 Å². The minimum atomic E-state index is -0.868. The van der Waals surface area contributed by atoms with E-state index in [4.69, 9.17) is 23.7 Å². The first kappa shape index (κ1) is 30.1. The lowest BCUT2D eigenvalue weighted by Gasteiger charge is -2.27. The van der Waals surface area contributed by atoms with Gasteiger partial charge >= 0.3 is 29.9 Å². The van der Waals surface area contributed by atoms with Crippen molar-refractivity contribution >= 4 is 29.9 Å². The third-order valence-electron chi connectivity index (χ3n) is 4.64. The highest BCUT2D eigenvalue weighted by molar-refractivity contribution is 5.74. The highest BCUT2D eigenvalue weighted by atomic mass is 16.6. The van der Waals surface area contributed by atoms with Gasteiger partial charge in [0, 0.05) is 25.7 Å². The molecule has 1 aliphatic heterocycles. The van der Waals surface area contributed by atoms with Crippen LogP contribution >= 0.6 is 0 Å². The summed E-state index contributed by atoms with van der Waals surface area (Å²) >= 11 is 0. The quantitative estimate of drug-likeness (QED) is 0.123. The molecular weight excluding hydrogens is 466 g/mol. The Hall–Kier alpha value is -2.93. The fourth-order valence-corrected chi connectivity index (χ4v) is 2.49. The van der Waals surface area contributed by atoms with Crippen molar-refractivity contribution in [1.29, 1.82) is 0 Å². The molecule has 13 nitrogen and oxygen atoms in total. The molecule has 200 valence electrons. The van der Waals surface area contributed by atoms with Crippen LogP contribution in [0.4, 0.5) is 4.79 Å². The minimum absolute atomic E-state index is 0.00869. The zero-order valence-electron chi connectivity index (χ0n) is 20.8. The molecule has 1 saturated heterocycles. The van der Waals surface area contributed by atoms with Gasteiger partial charge in [-0.25, -0.2) is 10.2 Å². The van der Waals surface area contributed by atoms with E-state index in [2.05, 4.69) is 10.7 Å². The summed E-state index contributed by atoms with van der Waals surface area (Å²) in [6, 6.07) is -0.564. The van der Waals surface area contributed by atoms with E-state index >= 15 is 0 Å². The number of amides is 2. The van der Waals surface area contributed by atoms with Crippen LogP contribution in [0.1, 0.15) is 53.4 Å². The van der Waals surface area contributed by atoms with E-state index in [0.717, 1.165) is 0 Å². The van der Waals surface area contributed by atoms with Gasteiger partial charge in [0.25, 0.3) is 0 Å². The van der Waals surface area contributed by atoms with E-state index in [1.54, 1.807) is 27.7 Å². The molecule has 13 heteroatoms. The summed E-state index contributed by atoms with van der Waals surface area (Å²) in [6.45, 7) is 6.73. The Bertz CT molecular complexity index is 714. The van der Waals surface area contributed by atoms with Gasteiger partial charge < -0.3 is 29.0 Å². The highest BCUT2D eigenvalue weighted by Crippen LogP contribution is 2.10. The van der Waals surface area contributed by atoms with Crippen molar-refractivity contribution in [3.05, 3.63) is 0 Å². The summed E-state index contributed by atoms with van der Waals surface area (Å²) in [5.74, 6) is -1.88. The molecular formula is C22H37N3O10. The van der Waals surface area contributed by atoms with Crippen molar-refractivity contribution in [1.82, 2.24) is 15.8 Å². The van der Waals surface area contributed by atoms with Crippen molar-refractivity contribution in [2.24, 2.45) is 0 Å². The Labute approximate surface area is 205 Å². The van der Waals surface area contributed by atoms with Gasteiger partial charge in [-0.1, -0.05) is 27.7 Å². The van der Waals surface area contributed by atoms with Gasteiger partial charge in [-0.15, -0.1) is 0 Å². The zero-order chi connectivity index (χ0) is 26.2. The molecule has 1 heterocycles. The van der Waals surface area contributed by atoms with Crippen molar-refractivity contribution in [3.8, 4) is 0 Å². The Kier molecular flexibility index (Phi) is 14.3. The lowest BCUT2D eigenvalue weighted by Crippen LogP contribution is -2.54. The fraction of sp³-hybridized carbons (Fsp3) is 0.773. The van der Waals surface area contributed by atoms with E-state index in [-0.39, 0.29) is 64.6 Å². The maximum atomic E-state index is 12.8. The third kappa shape index (κ3) is 13.5. The van der Waals surface area contributed by atoms with Gasteiger partial charge in [0.1, 0.15) is 25.4 Å². The van der Waals surface area contributed by atoms with Gasteiger partial charge in [0.2, 0.25) is 0 Å². The predicted molar refractivity (Wildman–Crippen MR) is 121 cm³/mol. The topological polar surface area (TPSA) is 162 Å². The largest absolute Gasteiger partial charge is 0.462 e. The van der Waals surface area contributed by atoms with Crippen LogP contribution in [0.3, 0.4) is 0 Å². The second kappa shape index (κ2) is 16.7. The van der Waals surface area contributed by atoms with Crippen LogP contribution in [-0.4, -0.2) is 92.7 Å². The van der Waals surface area contributed by atoms with Gasteiger partial charge in [0.15, 0.2) is 6.10 Å². The number of urea groups is 1. The van der Waals surface area contributed by atoms with E-state index in [1.807, 2.05) is 0 Å². The monoisotopic (exact) mass is 503 g/mol. The van der Waals surface area contributed by atoms with Crippen LogP contribution in [-0.2, 0) is 42.9 Å². The molecule has 3 atom stereocenters. The Morgan fingerprint density at radius 1 is 0.800 bits per heavy atom. The summed E-state index contributed by atoms with van der Waals surface area (Å²) in [5.41, 5.74) is 2.88. The molecule has 1 rings (SSSR count). The number of nitrogens with one attached hydrogen (secondary N) is 2. The van der Waals surface area contributed by atoms with Crippen molar-refractivity contribution < 1.29 is 47.7 Å². The number of epoxide rings is 1. The first-order valence-corrected chi connectivity index (χ1v) is 11.8. The number of hydrogen-bond acceptors (Lipinski definition) is 11. The van der Waals surface area contributed by atoms with Gasteiger partial charge in [0.05, 0.1) is 26.2 Å². The number of carbonyl (C=O) groups excluding carboxylic acids is 5. The molecule has 1 aliphatic rings. The highest BCUT2D eigenvalue weighted by Gasteiger charge is 2.29. The molecule has 0 spiro atoms. The molecule has 0 aromatic heterocycles. The van der Waals surface area contributed by atoms with Crippen LogP contribution in [0.15, 0.2) is 0 Å². The molecule has 0 bridgehead atoms. The summed E-state index contributed by atoms with van der Waals surface area (Å²) in [7, 11) is 0. The van der Waals surface area contributed by atoms with Crippen LogP contribution in [0.5, 0.6) is 0 Å². The number of nitrogens with zero attached hydrogens (tertiary/aromatic N) is 1. The number of ether oxygens (including phenoxy) is 5. The number of hydrogen-bond donors (Lipinski definition) is 2. The van der Waals surface area contributed by atoms with Crippen molar-refractivity contribution in [2.75, 3.05) is 39.5 Å². The third-order valence-corrected chi connectivity index (χ3v) is 4.64. The van der Waals surface area contributed by atoms with Crippen molar-refractivity contribution in [2.45, 2.75) is 71.7 Å². The van der Waals surface area contributed by atoms with Crippen LogP contribution in [0, 0.1) is 0 Å². The number of rotatable bonds is 17. The first-order chi connectivity index (χ1) is 16.7. The summed E-state index contributed by atoms with van der Waals surface area (Å²) in [4.78, 5) is 59.2. The predicted octanol–water partition coefficient (Wildman–Crippen LogP) is 0.451. The maximum absolute atomic E-state index is 12.8. The minimum Gasteiger partial charge on any atom is -0.462 e. The van der Waals surface area contributed by atoms with E-state index in [0.29, 0.717) is 6.61 Å². The molecule has 0 radical (unpaired) electrons. The first-order valence-electron chi connectivity index (χ1n) is 11.8. The second-order valence-electron chi connectivity index (χ2n) is 7.62. The second-order valence-corrected chi connectivity index (χ2v) is 7.62. The fourth-order valence-electron chi connectivity index (χ4n) is 2.49. The molecule has 0 aromatic rings.